The Morgan fingerprint density at radius 1 is 1.07 bits per heavy atom. The number of nitrogens with one attached hydrogen (secondary N) is 1. The molecule has 1 N–H and O–H groups in total. The molecule has 1 amide bonds. The highest BCUT2D eigenvalue weighted by atomic mass is 16.5. The van der Waals surface area contributed by atoms with Crippen LogP contribution in [0.4, 0.5) is 0 Å². The summed E-state index contributed by atoms with van der Waals surface area (Å²) in [6, 6.07) is 20.7. The third-order valence-corrected chi connectivity index (χ3v) is 5.85. The van der Waals surface area contributed by atoms with Gasteiger partial charge in [-0.05, 0) is 45.7 Å². The first-order valence-electron chi connectivity index (χ1n) is 10.4. The van der Waals surface area contributed by atoms with Crippen molar-refractivity contribution >= 4 is 22.9 Å². The number of methoxy groups -OCH3 is 1. The molecule has 2 atom stereocenters. The van der Waals surface area contributed by atoms with Crippen LogP contribution in [-0.4, -0.2) is 19.2 Å². The van der Waals surface area contributed by atoms with Gasteiger partial charge in [0.2, 0.25) is 5.91 Å². The molecule has 1 aliphatic carbocycles. The molecule has 4 heteroatoms. The van der Waals surface area contributed by atoms with Crippen molar-refractivity contribution in [1.29, 1.82) is 0 Å². The van der Waals surface area contributed by atoms with Crippen LogP contribution in [0.25, 0.3) is 10.8 Å². The number of carbonyl (C=O) groups is 1. The van der Waals surface area contributed by atoms with Crippen LogP contribution in [-0.2, 0) is 10.2 Å². The van der Waals surface area contributed by atoms with E-state index in [1.54, 1.807) is 13.3 Å². The molecule has 0 saturated heterocycles. The van der Waals surface area contributed by atoms with E-state index < -0.39 is 0 Å². The van der Waals surface area contributed by atoms with E-state index in [9.17, 15) is 4.79 Å². The molecular weight excluding hydrogens is 372 g/mol. The Bertz CT molecular complexity index is 1090. The average molecular weight is 401 g/mol. The summed E-state index contributed by atoms with van der Waals surface area (Å²) in [5.41, 5.74) is 6.25. The van der Waals surface area contributed by atoms with Gasteiger partial charge in [-0.2, -0.15) is 5.10 Å². The first-order valence-corrected chi connectivity index (χ1v) is 10.4. The van der Waals surface area contributed by atoms with E-state index >= 15 is 0 Å². The number of hydrogen-bond donors (Lipinski definition) is 1. The summed E-state index contributed by atoms with van der Waals surface area (Å²) in [6.07, 6.45) is 2.54. The zero-order valence-electron chi connectivity index (χ0n) is 18.0. The standard InChI is InChI=1S/C26H28N2O2/c1-26(2,3)19-12-9-18(10-13-19)21-15-22(21)25(29)28-27-16-23-20-8-6-5-7-17(20)11-14-24(23)30-4/h5-14,16,21-22H,15H2,1-4H3,(H,28,29)/b27-16+/t21-,22+/m0/s1. The van der Waals surface area contributed by atoms with Crippen molar-refractivity contribution < 1.29 is 9.53 Å². The molecule has 0 bridgehead atoms. The Morgan fingerprint density at radius 2 is 1.80 bits per heavy atom. The Hall–Kier alpha value is -3.14. The fourth-order valence-corrected chi connectivity index (χ4v) is 3.91. The van der Waals surface area contributed by atoms with Crippen molar-refractivity contribution in [1.82, 2.24) is 5.43 Å². The lowest BCUT2D eigenvalue weighted by atomic mass is 9.86. The third-order valence-electron chi connectivity index (χ3n) is 5.85. The Kier molecular flexibility index (Phi) is 5.33. The smallest absolute Gasteiger partial charge is 0.243 e. The molecule has 0 aromatic heterocycles. The van der Waals surface area contributed by atoms with Crippen LogP contribution in [0, 0.1) is 5.92 Å². The number of hydrazone groups is 1. The average Bonchev–Trinajstić information content (AvgIpc) is 3.54. The van der Waals surface area contributed by atoms with Gasteiger partial charge < -0.3 is 4.74 Å². The van der Waals surface area contributed by atoms with Crippen LogP contribution in [0.5, 0.6) is 5.75 Å². The van der Waals surface area contributed by atoms with Crippen LogP contribution in [0.3, 0.4) is 0 Å². The van der Waals surface area contributed by atoms with E-state index in [0.29, 0.717) is 0 Å². The van der Waals surface area contributed by atoms with Crippen LogP contribution in [0.1, 0.15) is 49.8 Å². The summed E-state index contributed by atoms with van der Waals surface area (Å²) in [5.74, 6) is 0.962. The van der Waals surface area contributed by atoms with Gasteiger partial charge in [0.05, 0.1) is 13.3 Å². The van der Waals surface area contributed by atoms with Crippen LogP contribution in [0.2, 0.25) is 0 Å². The molecule has 3 aromatic rings. The maximum atomic E-state index is 12.6. The summed E-state index contributed by atoms with van der Waals surface area (Å²) in [6.45, 7) is 6.62. The minimum absolute atomic E-state index is 0.0166. The van der Waals surface area contributed by atoms with Gasteiger partial charge in [0, 0.05) is 11.5 Å². The number of amides is 1. The predicted octanol–water partition coefficient (Wildman–Crippen LogP) is 5.40. The second-order valence-electron chi connectivity index (χ2n) is 8.96. The molecule has 3 aromatic carbocycles. The molecule has 4 nitrogen and oxygen atoms in total. The van der Waals surface area contributed by atoms with Crippen molar-refractivity contribution in [2.75, 3.05) is 7.11 Å². The second kappa shape index (κ2) is 7.94. The largest absolute Gasteiger partial charge is 0.496 e. The van der Waals surface area contributed by atoms with Gasteiger partial charge in [0.25, 0.3) is 0 Å². The van der Waals surface area contributed by atoms with Gasteiger partial charge in [-0.15, -0.1) is 0 Å². The molecule has 154 valence electrons. The number of benzene rings is 3. The number of rotatable bonds is 5. The van der Waals surface area contributed by atoms with Crippen molar-refractivity contribution in [2.24, 2.45) is 11.0 Å². The van der Waals surface area contributed by atoms with E-state index in [1.807, 2.05) is 36.4 Å². The summed E-state index contributed by atoms with van der Waals surface area (Å²) < 4.78 is 5.48. The summed E-state index contributed by atoms with van der Waals surface area (Å²) in [4.78, 5) is 12.6. The Labute approximate surface area is 178 Å². The first kappa shape index (κ1) is 20.1. The Balaban J connectivity index is 1.43. The fraction of sp³-hybridized carbons (Fsp3) is 0.308. The van der Waals surface area contributed by atoms with E-state index in [4.69, 9.17) is 4.74 Å². The molecule has 0 heterocycles. The van der Waals surface area contributed by atoms with E-state index in [-0.39, 0.29) is 23.2 Å². The molecule has 1 fully saturated rings. The number of nitrogens with zero attached hydrogens (tertiary/aromatic N) is 1. The summed E-state index contributed by atoms with van der Waals surface area (Å²) in [7, 11) is 1.64. The van der Waals surface area contributed by atoms with Crippen molar-refractivity contribution in [3.05, 3.63) is 77.4 Å². The first-order chi connectivity index (χ1) is 14.4. The van der Waals surface area contributed by atoms with Crippen LogP contribution < -0.4 is 10.2 Å². The van der Waals surface area contributed by atoms with Crippen molar-refractivity contribution in [3.8, 4) is 5.75 Å². The van der Waals surface area contributed by atoms with Gasteiger partial charge in [-0.25, -0.2) is 5.43 Å². The highest BCUT2D eigenvalue weighted by Crippen LogP contribution is 2.47. The minimum atomic E-state index is -0.0321. The highest BCUT2D eigenvalue weighted by Gasteiger charge is 2.44. The predicted molar refractivity (Wildman–Crippen MR) is 122 cm³/mol. The molecule has 1 aliphatic rings. The maximum Gasteiger partial charge on any atom is 0.243 e. The molecule has 0 aliphatic heterocycles. The summed E-state index contributed by atoms with van der Waals surface area (Å²) >= 11 is 0. The normalized spacial score (nSPS) is 18.5. The van der Waals surface area contributed by atoms with Crippen molar-refractivity contribution in [2.45, 2.75) is 38.5 Å². The molecule has 1 saturated carbocycles. The monoisotopic (exact) mass is 400 g/mol. The lowest BCUT2D eigenvalue weighted by Crippen LogP contribution is -2.20. The SMILES string of the molecule is COc1ccc2ccccc2c1/C=N/NC(=O)[C@@H]1C[C@H]1c1ccc(C(C)(C)C)cc1. The third kappa shape index (κ3) is 4.09. The molecule has 30 heavy (non-hydrogen) atoms. The van der Waals surface area contributed by atoms with Gasteiger partial charge in [0.15, 0.2) is 0 Å². The lowest BCUT2D eigenvalue weighted by molar-refractivity contribution is -0.122. The maximum absolute atomic E-state index is 12.6. The van der Waals surface area contributed by atoms with E-state index in [0.717, 1.165) is 28.5 Å². The van der Waals surface area contributed by atoms with Gasteiger partial charge >= 0.3 is 0 Å². The van der Waals surface area contributed by atoms with E-state index in [2.05, 4.69) is 55.6 Å². The Morgan fingerprint density at radius 3 is 2.50 bits per heavy atom. The van der Waals surface area contributed by atoms with Gasteiger partial charge in [-0.3, -0.25) is 4.79 Å². The molecule has 4 rings (SSSR count). The van der Waals surface area contributed by atoms with Crippen LogP contribution in [0.15, 0.2) is 65.8 Å². The fourth-order valence-electron chi connectivity index (χ4n) is 3.91. The zero-order chi connectivity index (χ0) is 21.3. The minimum Gasteiger partial charge on any atom is -0.496 e. The quantitative estimate of drug-likeness (QED) is 0.460. The topological polar surface area (TPSA) is 50.7 Å². The summed E-state index contributed by atoms with van der Waals surface area (Å²) in [5, 5.41) is 6.38. The van der Waals surface area contributed by atoms with E-state index in [1.165, 1.54) is 11.1 Å². The second-order valence-corrected chi connectivity index (χ2v) is 8.96. The molecule has 0 unspecified atom stereocenters. The zero-order valence-corrected chi connectivity index (χ0v) is 18.0. The van der Waals surface area contributed by atoms with Crippen molar-refractivity contribution in [3.63, 3.8) is 0 Å². The van der Waals surface area contributed by atoms with Crippen LogP contribution >= 0.6 is 0 Å². The number of hydrogen-bond acceptors (Lipinski definition) is 3. The van der Waals surface area contributed by atoms with Gasteiger partial charge in [-0.1, -0.05) is 75.4 Å². The molecule has 0 spiro atoms. The molecular formula is C26H28N2O2. The molecule has 0 radical (unpaired) electrons. The number of fused-ring (bicyclic) bond motifs is 1. The number of ether oxygens (including phenoxy) is 1. The highest BCUT2D eigenvalue weighted by molar-refractivity contribution is 6.02. The van der Waals surface area contributed by atoms with Gasteiger partial charge in [0.1, 0.15) is 5.75 Å². The lowest BCUT2D eigenvalue weighted by Gasteiger charge is -2.19. The number of carbonyl (C=O) groups excluding carboxylic acids is 1.